The molecule has 5 rings (SSSR count). The van der Waals surface area contributed by atoms with Crippen molar-refractivity contribution in [2.75, 3.05) is 19.9 Å². The molecule has 0 saturated heterocycles. The second-order valence-corrected chi connectivity index (χ2v) is 7.95. The lowest BCUT2D eigenvalue weighted by molar-refractivity contribution is -0.124. The zero-order chi connectivity index (χ0) is 23.5. The van der Waals surface area contributed by atoms with Gasteiger partial charge in [-0.2, -0.15) is 5.26 Å². The van der Waals surface area contributed by atoms with Crippen molar-refractivity contribution in [3.8, 4) is 17.6 Å². The largest absolute Gasteiger partial charge is 0.454 e. The van der Waals surface area contributed by atoms with Gasteiger partial charge in [0.05, 0.1) is 29.3 Å². The Morgan fingerprint density at radius 1 is 1.15 bits per heavy atom. The third-order valence-corrected chi connectivity index (χ3v) is 5.78. The number of hydrogen-bond donors (Lipinski definition) is 1. The molecular formula is C26H21N3O5. The van der Waals surface area contributed by atoms with Crippen molar-refractivity contribution in [3.63, 3.8) is 0 Å². The molecule has 2 aliphatic rings. The zero-order valence-electron chi connectivity index (χ0n) is 18.3. The number of hydrogen-bond acceptors (Lipinski definition) is 7. The number of nitriles is 1. The van der Waals surface area contributed by atoms with Gasteiger partial charge in [0.1, 0.15) is 0 Å². The molecule has 0 unspecified atom stereocenters. The van der Waals surface area contributed by atoms with E-state index in [9.17, 15) is 9.59 Å². The number of amides is 1. The van der Waals surface area contributed by atoms with Gasteiger partial charge in [-0.05, 0) is 53.8 Å². The summed E-state index contributed by atoms with van der Waals surface area (Å²) in [6.45, 7) is 0.0254. The van der Waals surface area contributed by atoms with E-state index in [1.54, 1.807) is 0 Å². The third kappa shape index (κ3) is 4.16. The first-order valence-electron chi connectivity index (χ1n) is 11.0. The first-order chi connectivity index (χ1) is 16.6. The normalized spacial score (nSPS) is 14.6. The summed E-state index contributed by atoms with van der Waals surface area (Å²) in [5, 5.41) is 11.8. The molecule has 0 saturated carbocycles. The average molecular weight is 455 g/mol. The quantitative estimate of drug-likeness (QED) is 0.446. The van der Waals surface area contributed by atoms with Gasteiger partial charge in [0.15, 0.2) is 18.1 Å². The van der Waals surface area contributed by atoms with Crippen LogP contribution in [0.2, 0.25) is 0 Å². The van der Waals surface area contributed by atoms with Gasteiger partial charge in [-0.25, -0.2) is 9.78 Å². The van der Waals surface area contributed by atoms with Gasteiger partial charge < -0.3 is 19.5 Å². The number of nitrogens with zero attached hydrogens (tertiary/aromatic N) is 2. The van der Waals surface area contributed by atoms with E-state index in [0.29, 0.717) is 28.6 Å². The Balaban J connectivity index is 1.46. The lowest BCUT2D eigenvalue weighted by Crippen LogP contribution is -2.29. The molecule has 0 atom stereocenters. The van der Waals surface area contributed by atoms with Crippen LogP contribution in [0.4, 0.5) is 0 Å². The summed E-state index contributed by atoms with van der Waals surface area (Å²) in [7, 11) is 0. The summed E-state index contributed by atoms with van der Waals surface area (Å²) >= 11 is 0. The minimum atomic E-state index is -0.561. The van der Waals surface area contributed by atoms with Gasteiger partial charge in [-0.15, -0.1) is 0 Å². The molecule has 8 nitrogen and oxygen atoms in total. The molecule has 1 aliphatic heterocycles. The fourth-order valence-electron chi connectivity index (χ4n) is 4.23. The molecule has 8 heteroatoms. The Morgan fingerprint density at radius 3 is 2.88 bits per heavy atom. The molecule has 34 heavy (non-hydrogen) atoms. The van der Waals surface area contributed by atoms with Gasteiger partial charge in [0.25, 0.3) is 5.91 Å². The van der Waals surface area contributed by atoms with Gasteiger partial charge >= 0.3 is 5.97 Å². The van der Waals surface area contributed by atoms with Gasteiger partial charge in [0.2, 0.25) is 6.79 Å². The van der Waals surface area contributed by atoms with E-state index in [-0.39, 0.29) is 19.8 Å². The number of nitrogens with one attached hydrogen (secondary N) is 1. The van der Waals surface area contributed by atoms with Crippen molar-refractivity contribution in [1.29, 1.82) is 5.26 Å². The van der Waals surface area contributed by atoms with Crippen LogP contribution in [-0.2, 0) is 16.0 Å². The highest BCUT2D eigenvalue weighted by molar-refractivity contribution is 6.07. The highest BCUT2D eigenvalue weighted by Crippen LogP contribution is 2.39. The van der Waals surface area contributed by atoms with Crippen LogP contribution < -0.4 is 14.8 Å². The predicted molar refractivity (Wildman–Crippen MR) is 124 cm³/mol. The maximum Gasteiger partial charge on any atom is 0.339 e. The summed E-state index contributed by atoms with van der Waals surface area (Å²) in [6, 6.07) is 15.1. The maximum atomic E-state index is 13.1. The highest BCUT2D eigenvalue weighted by Gasteiger charge is 2.28. The van der Waals surface area contributed by atoms with E-state index in [2.05, 4.69) is 5.32 Å². The number of allylic oxidation sites excluding steroid dienone is 1. The highest BCUT2D eigenvalue weighted by atomic mass is 16.7. The Morgan fingerprint density at radius 2 is 2.00 bits per heavy atom. The molecule has 2 aromatic carbocycles. The van der Waals surface area contributed by atoms with E-state index < -0.39 is 18.5 Å². The van der Waals surface area contributed by atoms with Crippen molar-refractivity contribution in [3.05, 3.63) is 64.8 Å². The van der Waals surface area contributed by atoms with Crippen LogP contribution in [0.5, 0.6) is 11.5 Å². The van der Waals surface area contributed by atoms with E-state index in [1.807, 2.05) is 54.6 Å². The van der Waals surface area contributed by atoms with E-state index >= 15 is 0 Å². The van der Waals surface area contributed by atoms with Crippen LogP contribution in [0.1, 0.15) is 40.0 Å². The molecular weight excluding hydrogens is 434 g/mol. The van der Waals surface area contributed by atoms with Crippen molar-refractivity contribution < 1.29 is 23.8 Å². The van der Waals surface area contributed by atoms with Crippen molar-refractivity contribution in [2.24, 2.45) is 0 Å². The second kappa shape index (κ2) is 9.24. The number of fused-ring (bicyclic) bond motifs is 3. The number of para-hydroxylation sites is 1. The predicted octanol–water partition coefficient (Wildman–Crippen LogP) is 3.64. The van der Waals surface area contributed by atoms with E-state index in [1.165, 1.54) is 0 Å². The number of ether oxygens (including phenoxy) is 3. The first-order valence-corrected chi connectivity index (χ1v) is 11.0. The van der Waals surface area contributed by atoms with Crippen molar-refractivity contribution in [2.45, 2.75) is 19.3 Å². The van der Waals surface area contributed by atoms with E-state index in [0.717, 1.165) is 34.6 Å². The van der Waals surface area contributed by atoms with Crippen LogP contribution in [0.15, 0.2) is 42.5 Å². The van der Waals surface area contributed by atoms with Gasteiger partial charge in [-0.1, -0.05) is 24.3 Å². The zero-order valence-corrected chi connectivity index (χ0v) is 18.3. The van der Waals surface area contributed by atoms with Crippen LogP contribution in [-0.4, -0.2) is 36.8 Å². The van der Waals surface area contributed by atoms with Crippen LogP contribution >= 0.6 is 0 Å². The average Bonchev–Trinajstić information content (AvgIpc) is 3.48. The summed E-state index contributed by atoms with van der Waals surface area (Å²) in [5.74, 6) is 0.424. The second-order valence-electron chi connectivity index (χ2n) is 7.95. The molecule has 0 spiro atoms. The lowest BCUT2D eigenvalue weighted by Gasteiger charge is -2.12. The number of carbonyl (C=O) groups is 2. The Kier molecular flexibility index (Phi) is 5.83. The Bertz CT molecular complexity index is 1370. The number of carbonyl (C=O) groups excluding carboxylic acids is 2. The van der Waals surface area contributed by atoms with Crippen molar-refractivity contribution in [1.82, 2.24) is 10.3 Å². The maximum absolute atomic E-state index is 13.1. The van der Waals surface area contributed by atoms with Crippen LogP contribution in [0.3, 0.4) is 0 Å². The fraction of sp³-hybridized carbons (Fsp3) is 0.231. The number of benzene rings is 2. The molecule has 0 bridgehead atoms. The molecule has 1 N–H and O–H groups in total. The standard InChI is InChI=1S/C26H21N3O5/c27-10-3-11-28-23(30)14-32-26(31)24-18-4-1-2-5-20(18)29-25-17(7-8-19(24)25)12-16-6-9-21-22(13-16)34-15-33-21/h1-2,4-6,9,12-13H,3,7-8,11,14-15H2,(H,28,30)/b17-12-. The molecule has 2 heterocycles. The summed E-state index contributed by atoms with van der Waals surface area (Å²) in [6.07, 6.45) is 3.61. The Labute approximate surface area is 195 Å². The minimum Gasteiger partial charge on any atom is -0.454 e. The number of pyridine rings is 1. The van der Waals surface area contributed by atoms with Crippen LogP contribution in [0.25, 0.3) is 22.6 Å². The summed E-state index contributed by atoms with van der Waals surface area (Å²) in [5.41, 5.74) is 4.69. The number of rotatable bonds is 6. The molecule has 0 radical (unpaired) electrons. The van der Waals surface area contributed by atoms with E-state index in [4.69, 9.17) is 24.5 Å². The minimum absolute atomic E-state index is 0.195. The number of esters is 1. The molecule has 3 aromatic rings. The molecule has 1 aromatic heterocycles. The smallest absolute Gasteiger partial charge is 0.339 e. The molecule has 170 valence electrons. The first kappa shape index (κ1) is 21.5. The van der Waals surface area contributed by atoms with Crippen molar-refractivity contribution >= 4 is 34.4 Å². The topological polar surface area (TPSA) is 111 Å². The summed E-state index contributed by atoms with van der Waals surface area (Å²) < 4.78 is 16.2. The fourth-order valence-corrected chi connectivity index (χ4v) is 4.23. The molecule has 1 amide bonds. The van der Waals surface area contributed by atoms with Gasteiger partial charge in [-0.3, -0.25) is 4.79 Å². The number of aromatic nitrogens is 1. The monoisotopic (exact) mass is 455 g/mol. The summed E-state index contributed by atoms with van der Waals surface area (Å²) in [4.78, 5) is 29.9. The molecule has 0 fully saturated rings. The third-order valence-electron chi connectivity index (χ3n) is 5.78. The Hall–Kier alpha value is -4.38. The van der Waals surface area contributed by atoms with Crippen LogP contribution in [0, 0.1) is 11.3 Å². The van der Waals surface area contributed by atoms with Gasteiger partial charge in [0, 0.05) is 11.9 Å². The lowest BCUT2D eigenvalue weighted by atomic mass is 10.0. The molecule has 1 aliphatic carbocycles. The SMILES string of the molecule is N#CCCNC(=O)COC(=O)c1c2c(nc3ccccc13)/C(=C\c1ccc3c(c1)OCO3)CC2.